The van der Waals surface area contributed by atoms with E-state index in [-0.39, 0.29) is 21.7 Å². The number of nitro groups is 1. The Kier molecular flexibility index (Phi) is 4.53. The Labute approximate surface area is 159 Å². The molecular weight excluding hydrogens is 401 g/mol. The molecule has 0 fully saturated rings. The van der Waals surface area contributed by atoms with Crippen molar-refractivity contribution in [1.29, 1.82) is 0 Å². The molecule has 0 unspecified atom stereocenters. The zero-order valence-corrected chi connectivity index (χ0v) is 14.7. The number of alkyl halides is 3. The third kappa shape index (κ3) is 3.37. The number of phenols is 2. The fourth-order valence-corrected chi connectivity index (χ4v) is 2.71. The third-order valence-corrected chi connectivity index (χ3v) is 4.08. The summed E-state index contributed by atoms with van der Waals surface area (Å²) >= 11 is 0. The fraction of sp³-hybridized carbons (Fsp3) is 0.188. The number of phenolic OH excluding ortho intramolecular Hbond substituents is 2. The summed E-state index contributed by atoms with van der Waals surface area (Å²) in [5.41, 5.74) is -3.42. The Hall–Kier alpha value is -3.90. The first-order chi connectivity index (χ1) is 13.4. The van der Waals surface area contributed by atoms with Gasteiger partial charge in [-0.2, -0.15) is 22.9 Å². The van der Waals surface area contributed by atoms with E-state index in [1.165, 1.54) is 6.92 Å². The van der Waals surface area contributed by atoms with E-state index < -0.39 is 51.1 Å². The maximum Gasteiger partial charge on any atom is 0.417 e. The molecule has 152 valence electrons. The highest BCUT2D eigenvalue weighted by Gasteiger charge is 2.39. The van der Waals surface area contributed by atoms with E-state index >= 15 is 0 Å². The van der Waals surface area contributed by atoms with Crippen molar-refractivity contribution in [3.8, 4) is 34.3 Å². The SMILES string of the molecule is Cc1cc(C(F)(F)F)c(-c2nc(-c3cc(O)c(O)c([N+](=O)[O-])c3)no2)c(C)[n+]1[O-]. The molecule has 3 aromatic rings. The van der Waals surface area contributed by atoms with Gasteiger partial charge in [-0.15, -0.1) is 0 Å². The standard InChI is InChI=1S/C16H11F3N4O6/c1-6-3-9(16(17,18)19)12(7(2)22(6)26)15-20-14(21-29-15)8-4-10(23(27)28)13(25)11(24)5-8/h3-5,24-25H,1-2H3. The number of nitrogens with zero attached hydrogens (tertiary/aromatic N) is 4. The van der Waals surface area contributed by atoms with Gasteiger partial charge in [-0.05, 0) is 6.07 Å². The van der Waals surface area contributed by atoms with E-state index in [4.69, 9.17) is 4.52 Å². The number of pyridine rings is 1. The quantitative estimate of drug-likeness (QED) is 0.219. The molecule has 0 atom stereocenters. The van der Waals surface area contributed by atoms with Crippen molar-refractivity contribution in [2.75, 3.05) is 0 Å². The molecule has 10 nitrogen and oxygen atoms in total. The van der Waals surface area contributed by atoms with Gasteiger partial charge in [0, 0.05) is 31.5 Å². The number of hydrogen-bond acceptors (Lipinski definition) is 8. The van der Waals surface area contributed by atoms with Gasteiger partial charge >= 0.3 is 11.9 Å². The molecule has 0 saturated carbocycles. The Morgan fingerprint density at radius 2 is 1.86 bits per heavy atom. The van der Waals surface area contributed by atoms with Crippen LogP contribution in [0.5, 0.6) is 11.5 Å². The van der Waals surface area contributed by atoms with Crippen LogP contribution in [0.15, 0.2) is 22.7 Å². The van der Waals surface area contributed by atoms with E-state index in [2.05, 4.69) is 10.1 Å². The van der Waals surface area contributed by atoms with Crippen molar-refractivity contribution in [2.24, 2.45) is 0 Å². The number of halogens is 3. The molecule has 3 rings (SSSR count). The van der Waals surface area contributed by atoms with Crippen molar-refractivity contribution < 1.29 is 37.6 Å². The first-order valence-electron chi connectivity index (χ1n) is 7.77. The lowest BCUT2D eigenvalue weighted by Gasteiger charge is -2.14. The van der Waals surface area contributed by atoms with Gasteiger partial charge in [-0.3, -0.25) is 10.1 Å². The van der Waals surface area contributed by atoms with Crippen LogP contribution in [0.2, 0.25) is 0 Å². The van der Waals surface area contributed by atoms with Crippen LogP contribution in [0.4, 0.5) is 18.9 Å². The number of hydrogen-bond donors (Lipinski definition) is 2. The number of benzene rings is 1. The number of aryl methyl sites for hydroxylation is 1. The smallest absolute Gasteiger partial charge is 0.417 e. The lowest BCUT2D eigenvalue weighted by atomic mass is 10.0. The van der Waals surface area contributed by atoms with Crippen LogP contribution in [-0.4, -0.2) is 25.3 Å². The predicted molar refractivity (Wildman–Crippen MR) is 88.6 cm³/mol. The zero-order chi connectivity index (χ0) is 21.7. The molecule has 0 aliphatic heterocycles. The topological polar surface area (TPSA) is 149 Å². The average Bonchev–Trinajstić information content (AvgIpc) is 3.10. The zero-order valence-electron chi connectivity index (χ0n) is 14.7. The number of aromatic hydroxyl groups is 2. The monoisotopic (exact) mass is 412 g/mol. The number of rotatable bonds is 3. The van der Waals surface area contributed by atoms with Crippen LogP contribution in [-0.2, 0) is 6.18 Å². The summed E-state index contributed by atoms with van der Waals surface area (Å²) in [4.78, 5) is 13.8. The second-order valence-electron chi connectivity index (χ2n) is 6.00. The largest absolute Gasteiger partial charge is 0.618 e. The predicted octanol–water partition coefficient (Wildman–Crippen LogP) is 2.99. The van der Waals surface area contributed by atoms with Gasteiger partial charge < -0.3 is 19.9 Å². The van der Waals surface area contributed by atoms with Crippen molar-refractivity contribution in [3.63, 3.8) is 0 Å². The van der Waals surface area contributed by atoms with Crippen LogP contribution in [0.1, 0.15) is 17.0 Å². The molecule has 0 bridgehead atoms. The van der Waals surface area contributed by atoms with E-state index in [9.17, 15) is 38.7 Å². The Morgan fingerprint density at radius 3 is 2.45 bits per heavy atom. The molecule has 0 spiro atoms. The van der Waals surface area contributed by atoms with E-state index in [1.807, 2.05) is 0 Å². The fourth-order valence-electron chi connectivity index (χ4n) is 2.71. The number of aromatic nitrogens is 3. The van der Waals surface area contributed by atoms with Gasteiger partial charge in [-0.25, -0.2) is 0 Å². The summed E-state index contributed by atoms with van der Waals surface area (Å²) in [5, 5.41) is 45.6. The van der Waals surface area contributed by atoms with E-state index in [1.54, 1.807) is 0 Å². The Bertz CT molecular complexity index is 1140. The van der Waals surface area contributed by atoms with Crippen LogP contribution in [0.25, 0.3) is 22.8 Å². The van der Waals surface area contributed by atoms with Gasteiger partial charge in [0.2, 0.25) is 17.3 Å². The van der Waals surface area contributed by atoms with Crippen LogP contribution in [0, 0.1) is 29.2 Å². The van der Waals surface area contributed by atoms with Crippen molar-refractivity contribution >= 4 is 5.69 Å². The highest BCUT2D eigenvalue weighted by atomic mass is 19.4. The van der Waals surface area contributed by atoms with Crippen molar-refractivity contribution in [1.82, 2.24) is 10.1 Å². The van der Waals surface area contributed by atoms with Gasteiger partial charge in [0.1, 0.15) is 5.56 Å². The number of nitro benzene ring substituents is 1. The minimum Gasteiger partial charge on any atom is -0.618 e. The van der Waals surface area contributed by atoms with Gasteiger partial charge in [0.15, 0.2) is 11.4 Å². The van der Waals surface area contributed by atoms with Crippen LogP contribution >= 0.6 is 0 Å². The third-order valence-electron chi connectivity index (χ3n) is 4.08. The van der Waals surface area contributed by atoms with Gasteiger partial charge in [0.05, 0.1) is 10.5 Å². The van der Waals surface area contributed by atoms with E-state index in [0.29, 0.717) is 6.07 Å². The second kappa shape index (κ2) is 6.61. The molecule has 0 radical (unpaired) electrons. The molecule has 29 heavy (non-hydrogen) atoms. The van der Waals surface area contributed by atoms with Gasteiger partial charge in [-0.1, -0.05) is 5.16 Å². The maximum atomic E-state index is 13.5. The molecular formula is C16H11F3N4O6. The van der Waals surface area contributed by atoms with Gasteiger partial charge in [0.25, 0.3) is 5.89 Å². The summed E-state index contributed by atoms with van der Waals surface area (Å²) in [5.74, 6) is -2.90. The molecule has 0 saturated heterocycles. The summed E-state index contributed by atoms with van der Waals surface area (Å²) in [6, 6.07) is 2.32. The van der Waals surface area contributed by atoms with Crippen molar-refractivity contribution in [2.45, 2.75) is 20.0 Å². The first kappa shape index (κ1) is 19.9. The molecule has 2 heterocycles. The Balaban J connectivity index is 2.20. The maximum absolute atomic E-state index is 13.5. The highest BCUT2D eigenvalue weighted by molar-refractivity contribution is 5.70. The molecule has 1 aromatic carbocycles. The van der Waals surface area contributed by atoms with Crippen LogP contribution < -0.4 is 4.73 Å². The average molecular weight is 412 g/mol. The summed E-state index contributed by atoms with van der Waals surface area (Å²) in [6.07, 6.45) is -4.83. The lowest BCUT2D eigenvalue weighted by Crippen LogP contribution is -2.35. The lowest BCUT2D eigenvalue weighted by molar-refractivity contribution is -0.618. The molecule has 0 aliphatic carbocycles. The first-order valence-corrected chi connectivity index (χ1v) is 7.77. The van der Waals surface area contributed by atoms with E-state index in [0.717, 1.165) is 19.1 Å². The summed E-state index contributed by atoms with van der Waals surface area (Å²) < 4.78 is 45.5. The minimum absolute atomic E-state index is 0.197. The second-order valence-corrected chi connectivity index (χ2v) is 6.00. The molecule has 0 aliphatic rings. The van der Waals surface area contributed by atoms with Crippen LogP contribution in [0.3, 0.4) is 0 Å². The summed E-state index contributed by atoms with van der Waals surface area (Å²) in [7, 11) is 0. The summed E-state index contributed by atoms with van der Waals surface area (Å²) in [6.45, 7) is 2.35. The normalized spacial score (nSPS) is 11.6. The minimum atomic E-state index is -4.83. The molecule has 13 heteroatoms. The highest BCUT2D eigenvalue weighted by Crippen LogP contribution is 2.41. The molecule has 0 amide bonds. The van der Waals surface area contributed by atoms with Crippen molar-refractivity contribution in [3.05, 3.63) is 50.5 Å². The molecule has 2 aromatic heterocycles. The molecule has 2 N–H and O–H groups in total. The Morgan fingerprint density at radius 1 is 1.21 bits per heavy atom.